The lowest BCUT2D eigenvalue weighted by Crippen LogP contribution is -2.36. The average Bonchev–Trinajstić information content (AvgIpc) is 2.58. The molecule has 15 heavy (non-hydrogen) atoms. The molecule has 0 saturated heterocycles. The van der Waals surface area contributed by atoms with Gasteiger partial charge in [0, 0.05) is 5.69 Å². The summed E-state index contributed by atoms with van der Waals surface area (Å²) in [4.78, 5) is 11.2. The topological polar surface area (TPSA) is 72.9 Å². The zero-order chi connectivity index (χ0) is 11.6. The zero-order valence-corrected chi connectivity index (χ0v) is 8.37. The number of hydrogen-bond acceptors (Lipinski definition) is 3. The minimum atomic E-state index is -2.64. The van der Waals surface area contributed by atoms with Gasteiger partial charge in [-0.15, -0.1) is 0 Å². The van der Waals surface area contributed by atoms with Gasteiger partial charge in [-0.05, 0) is 19.9 Å². The van der Waals surface area contributed by atoms with Crippen molar-refractivity contribution >= 4 is 5.91 Å². The number of rotatable bonds is 3. The Kier molecular flexibility index (Phi) is 3.35. The third-order valence-corrected chi connectivity index (χ3v) is 2.05. The molecule has 1 aromatic rings. The molecule has 1 heterocycles. The van der Waals surface area contributed by atoms with E-state index in [1.807, 2.05) is 5.43 Å². The Morgan fingerprint density at radius 1 is 1.67 bits per heavy atom. The van der Waals surface area contributed by atoms with Crippen molar-refractivity contribution in [2.24, 2.45) is 5.84 Å². The quantitative estimate of drug-likeness (QED) is 0.445. The van der Waals surface area contributed by atoms with E-state index >= 15 is 0 Å². The number of aryl methyl sites for hydroxylation is 1. The molecule has 0 unspecified atom stereocenters. The third-order valence-electron chi connectivity index (χ3n) is 2.05. The summed E-state index contributed by atoms with van der Waals surface area (Å²) in [5.74, 6) is 4.45. The number of hydrogen-bond donors (Lipinski definition) is 2. The van der Waals surface area contributed by atoms with Crippen LogP contribution in [-0.4, -0.2) is 15.7 Å². The lowest BCUT2D eigenvalue weighted by atomic mass is 10.3. The smallest absolute Gasteiger partial charge is 0.282 e. The highest BCUT2D eigenvalue weighted by atomic mass is 19.3. The third kappa shape index (κ3) is 2.30. The van der Waals surface area contributed by atoms with Gasteiger partial charge in [0.1, 0.15) is 11.7 Å². The highest BCUT2D eigenvalue weighted by Crippen LogP contribution is 2.20. The van der Waals surface area contributed by atoms with Gasteiger partial charge in [-0.1, -0.05) is 0 Å². The molecule has 7 heteroatoms. The van der Waals surface area contributed by atoms with Crippen LogP contribution < -0.4 is 11.3 Å². The van der Waals surface area contributed by atoms with Crippen LogP contribution in [-0.2, 0) is 4.79 Å². The minimum Gasteiger partial charge on any atom is -0.292 e. The molecule has 0 fully saturated rings. The van der Waals surface area contributed by atoms with E-state index in [0.29, 0.717) is 5.69 Å². The fraction of sp³-hybridized carbons (Fsp3) is 0.500. The lowest BCUT2D eigenvalue weighted by Gasteiger charge is -2.11. The zero-order valence-electron chi connectivity index (χ0n) is 8.37. The molecule has 0 aliphatic carbocycles. The van der Waals surface area contributed by atoms with Crippen LogP contribution >= 0.6 is 0 Å². The van der Waals surface area contributed by atoms with Crippen LogP contribution in [0.3, 0.4) is 0 Å². The number of carbonyl (C=O) groups is 1. The summed E-state index contributed by atoms with van der Waals surface area (Å²) >= 11 is 0. The Hall–Kier alpha value is -1.50. The van der Waals surface area contributed by atoms with Crippen molar-refractivity contribution in [2.75, 3.05) is 0 Å². The van der Waals surface area contributed by atoms with Crippen LogP contribution in [0.5, 0.6) is 0 Å². The molecule has 0 radical (unpaired) electrons. The van der Waals surface area contributed by atoms with Crippen LogP contribution in [0.4, 0.5) is 8.78 Å². The molecule has 1 rings (SSSR count). The van der Waals surface area contributed by atoms with Gasteiger partial charge >= 0.3 is 0 Å². The highest BCUT2D eigenvalue weighted by molar-refractivity contribution is 5.79. The Labute approximate surface area is 85.2 Å². The molecular weight excluding hydrogens is 206 g/mol. The number of carbonyl (C=O) groups excluding carboxylic acids is 1. The number of nitrogens with zero attached hydrogens (tertiary/aromatic N) is 2. The number of nitrogens with one attached hydrogen (secondary N) is 1. The molecule has 1 atom stereocenters. The summed E-state index contributed by atoms with van der Waals surface area (Å²) in [5.41, 5.74) is 2.09. The van der Waals surface area contributed by atoms with Gasteiger partial charge in [-0.2, -0.15) is 5.10 Å². The summed E-state index contributed by atoms with van der Waals surface area (Å²) in [7, 11) is 0. The van der Waals surface area contributed by atoms with Crippen molar-refractivity contribution < 1.29 is 13.6 Å². The van der Waals surface area contributed by atoms with Gasteiger partial charge in [-0.25, -0.2) is 14.6 Å². The fourth-order valence-corrected chi connectivity index (χ4v) is 1.24. The molecule has 0 saturated carbocycles. The van der Waals surface area contributed by atoms with E-state index in [4.69, 9.17) is 5.84 Å². The predicted octanol–water partition coefficient (Wildman–Crippen LogP) is 0.680. The maximum Gasteiger partial charge on any atom is 0.282 e. The summed E-state index contributed by atoms with van der Waals surface area (Å²) in [6.45, 7) is 3.12. The van der Waals surface area contributed by atoms with Gasteiger partial charge in [0.25, 0.3) is 12.3 Å². The molecule has 1 aromatic heterocycles. The van der Waals surface area contributed by atoms with E-state index in [1.54, 1.807) is 6.92 Å². The minimum absolute atomic E-state index is 0.343. The maximum atomic E-state index is 12.3. The first-order valence-electron chi connectivity index (χ1n) is 4.32. The number of alkyl halides is 2. The second kappa shape index (κ2) is 4.35. The van der Waals surface area contributed by atoms with Crippen molar-refractivity contribution in [3.63, 3.8) is 0 Å². The van der Waals surface area contributed by atoms with Crippen molar-refractivity contribution in [3.8, 4) is 0 Å². The largest absolute Gasteiger partial charge is 0.292 e. The van der Waals surface area contributed by atoms with Gasteiger partial charge < -0.3 is 0 Å². The van der Waals surface area contributed by atoms with Gasteiger partial charge in [-0.3, -0.25) is 14.9 Å². The van der Waals surface area contributed by atoms with Crippen LogP contribution in [0, 0.1) is 6.92 Å². The maximum absolute atomic E-state index is 12.3. The molecule has 0 aromatic carbocycles. The van der Waals surface area contributed by atoms with Crippen molar-refractivity contribution in [2.45, 2.75) is 26.3 Å². The first-order chi connectivity index (χ1) is 6.97. The first kappa shape index (κ1) is 11.6. The van der Waals surface area contributed by atoms with Crippen LogP contribution in [0.2, 0.25) is 0 Å². The Morgan fingerprint density at radius 3 is 2.67 bits per heavy atom. The van der Waals surface area contributed by atoms with Gasteiger partial charge in [0.2, 0.25) is 0 Å². The van der Waals surface area contributed by atoms with Gasteiger partial charge in [0.15, 0.2) is 0 Å². The lowest BCUT2D eigenvalue weighted by molar-refractivity contribution is -0.124. The monoisotopic (exact) mass is 218 g/mol. The number of hydrazine groups is 1. The van der Waals surface area contributed by atoms with E-state index in [9.17, 15) is 13.6 Å². The summed E-state index contributed by atoms with van der Waals surface area (Å²) in [5, 5.41) is 3.63. The SMILES string of the molecule is Cc1cc(C(F)F)nn1[C@@H](C)C(=O)NN. The number of aromatic nitrogens is 2. The number of halogens is 2. The van der Waals surface area contributed by atoms with Crippen LogP contribution in [0.15, 0.2) is 6.07 Å². The predicted molar refractivity (Wildman–Crippen MR) is 49.0 cm³/mol. The first-order valence-corrected chi connectivity index (χ1v) is 4.32. The average molecular weight is 218 g/mol. The molecular formula is C8H12F2N4O. The van der Waals surface area contributed by atoms with Gasteiger partial charge in [0.05, 0.1) is 0 Å². The van der Waals surface area contributed by atoms with E-state index in [0.717, 1.165) is 0 Å². The Balaban J connectivity index is 2.99. The second-order valence-corrected chi connectivity index (χ2v) is 3.14. The summed E-state index contributed by atoms with van der Waals surface area (Å²) < 4.78 is 25.8. The van der Waals surface area contributed by atoms with E-state index in [2.05, 4.69) is 5.10 Å². The van der Waals surface area contributed by atoms with Crippen LogP contribution in [0.1, 0.15) is 30.8 Å². The fourth-order valence-electron chi connectivity index (χ4n) is 1.24. The van der Waals surface area contributed by atoms with Crippen molar-refractivity contribution in [3.05, 3.63) is 17.5 Å². The number of amides is 1. The molecule has 3 N–H and O–H groups in total. The molecule has 0 spiro atoms. The molecule has 0 aliphatic heterocycles. The summed E-state index contributed by atoms with van der Waals surface area (Å²) in [6, 6.07) is 0.535. The van der Waals surface area contributed by atoms with E-state index < -0.39 is 18.4 Å². The summed E-state index contributed by atoms with van der Waals surface area (Å²) in [6.07, 6.45) is -2.64. The molecule has 5 nitrogen and oxygen atoms in total. The molecule has 0 bridgehead atoms. The van der Waals surface area contributed by atoms with Crippen LogP contribution in [0.25, 0.3) is 0 Å². The number of nitrogens with two attached hydrogens (primary N) is 1. The van der Waals surface area contributed by atoms with E-state index in [-0.39, 0.29) is 5.69 Å². The van der Waals surface area contributed by atoms with Crippen molar-refractivity contribution in [1.82, 2.24) is 15.2 Å². The molecule has 1 amide bonds. The Bertz CT molecular complexity index is 364. The van der Waals surface area contributed by atoms with E-state index in [1.165, 1.54) is 17.7 Å². The normalized spacial score (nSPS) is 12.9. The standard InChI is InChI=1S/C8H12F2N4O/c1-4-3-6(7(9)10)13-14(4)5(2)8(15)12-11/h3,5,7H,11H2,1-2H3,(H,12,15)/t5-/m0/s1. The highest BCUT2D eigenvalue weighted by Gasteiger charge is 2.20. The molecule has 84 valence electrons. The second-order valence-electron chi connectivity index (χ2n) is 3.14. The Morgan fingerprint density at radius 2 is 2.27 bits per heavy atom. The van der Waals surface area contributed by atoms with Crippen molar-refractivity contribution in [1.29, 1.82) is 0 Å². The molecule has 0 aliphatic rings.